The Bertz CT molecular complexity index is 903. The topological polar surface area (TPSA) is 120 Å². The maximum Gasteiger partial charge on any atom is 0.271 e. The van der Waals surface area contributed by atoms with Crippen molar-refractivity contribution in [3.63, 3.8) is 0 Å². The van der Waals surface area contributed by atoms with Gasteiger partial charge in [0.2, 0.25) is 11.9 Å². The highest BCUT2D eigenvalue weighted by Gasteiger charge is 2.33. The Morgan fingerprint density at radius 2 is 2.30 bits per heavy atom. The number of likely N-dealkylation sites (N-methyl/N-ethyl adjacent to an activating group) is 1. The van der Waals surface area contributed by atoms with Crippen LogP contribution in [0.1, 0.15) is 0 Å². The second kappa shape index (κ2) is 8.00. The van der Waals surface area contributed by atoms with Crippen molar-refractivity contribution in [2.45, 2.75) is 6.04 Å². The van der Waals surface area contributed by atoms with Gasteiger partial charge in [-0.3, -0.25) is 9.59 Å². The van der Waals surface area contributed by atoms with Crippen LogP contribution in [0, 0.1) is 0 Å². The lowest BCUT2D eigenvalue weighted by atomic mass is 10.1. The van der Waals surface area contributed by atoms with E-state index in [9.17, 15) is 9.59 Å². The first-order valence-electron chi connectivity index (χ1n) is 8.65. The highest BCUT2D eigenvalue weighted by Crippen LogP contribution is 2.23. The van der Waals surface area contributed by atoms with Crippen LogP contribution in [0.25, 0.3) is 11.3 Å². The molecular formula is C18H23N7O2. The van der Waals surface area contributed by atoms with E-state index in [0.717, 1.165) is 5.56 Å². The molecule has 3 heterocycles. The molecule has 0 spiro atoms. The molecule has 0 bridgehead atoms. The third-order valence-electron chi connectivity index (χ3n) is 4.56. The number of aromatic amines is 1. The summed E-state index contributed by atoms with van der Waals surface area (Å²) in [5.41, 5.74) is 7.21. The summed E-state index contributed by atoms with van der Waals surface area (Å²) in [5, 5.41) is 2.90. The minimum absolute atomic E-state index is 0.0617. The third-order valence-corrected chi connectivity index (χ3v) is 4.56. The summed E-state index contributed by atoms with van der Waals surface area (Å²) in [7, 11) is 3.60. The van der Waals surface area contributed by atoms with E-state index >= 15 is 0 Å². The molecule has 0 aromatic carbocycles. The van der Waals surface area contributed by atoms with E-state index in [1.165, 1.54) is 6.08 Å². The number of hydrogen-bond donors (Lipinski definition) is 3. The Labute approximate surface area is 156 Å². The van der Waals surface area contributed by atoms with Crippen LogP contribution in [-0.4, -0.2) is 65.5 Å². The molecule has 3 rings (SSSR count). The van der Waals surface area contributed by atoms with E-state index in [1.54, 1.807) is 42.6 Å². The molecule has 1 aliphatic rings. The van der Waals surface area contributed by atoms with Gasteiger partial charge in [-0.1, -0.05) is 6.08 Å². The molecule has 0 radical (unpaired) electrons. The highest BCUT2D eigenvalue weighted by molar-refractivity contribution is 5.88. The fourth-order valence-electron chi connectivity index (χ4n) is 2.87. The molecule has 1 fully saturated rings. The number of nitrogens with zero attached hydrogens (tertiary/aromatic N) is 4. The van der Waals surface area contributed by atoms with Crippen LogP contribution in [0.15, 0.2) is 41.5 Å². The highest BCUT2D eigenvalue weighted by atomic mass is 16.2. The molecule has 0 unspecified atom stereocenters. The van der Waals surface area contributed by atoms with Gasteiger partial charge in [0.05, 0.1) is 11.7 Å². The molecular weight excluding hydrogens is 346 g/mol. The van der Waals surface area contributed by atoms with Crippen molar-refractivity contribution >= 4 is 17.5 Å². The van der Waals surface area contributed by atoms with Gasteiger partial charge < -0.3 is 25.8 Å². The van der Waals surface area contributed by atoms with Crippen molar-refractivity contribution in [1.29, 1.82) is 0 Å². The first-order chi connectivity index (χ1) is 13.0. The molecule has 9 nitrogen and oxygen atoms in total. The SMILES string of the molecule is CNc1nccc(-c2c[nH]c(=O)c(N(C)C3CN(C(=O)/C=C/CN)C3)c2)n1. The zero-order chi connectivity index (χ0) is 19.4. The molecule has 0 aliphatic carbocycles. The first-order valence-corrected chi connectivity index (χ1v) is 8.65. The molecule has 9 heteroatoms. The van der Waals surface area contributed by atoms with Crippen molar-refractivity contribution in [2.24, 2.45) is 5.73 Å². The van der Waals surface area contributed by atoms with E-state index in [0.29, 0.717) is 37.0 Å². The summed E-state index contributed by atoms with van der Waals surface area (Å²) in [5.74, 6) is 0.445. The first kappa shape index (κ1) is 18.6. The van der Waals surface area contributed by atoms with Crippen LogP contribution in [0.2, 0.25) is 0 Å². The predicted octanol–water partition coefficient (Wildman–Crippen LogP) is 0.0355. The Morgan fingerprint density at radius 1 is 1.52 bits per heavy atom. The molecule has 1 aliphatic heterocycles. The largest absolute Gasteiger partial charge is 0.364 e. The van der Waals surface area contributed by atoms with Gasteiger partial charge in [0.25, 0.3) is 5.56 Å². The summed E-state index contributed by atoms with van der Waals surface area (Å²) in [6, 6.07) is 3.67. The van der Waals surface area contributed by atoms with Gasteiger partial charge in [-0.05, 0) is 12.1 Å². The average molecular weight is 369 g/mol. The molecule has 2 aromatic rings. The second-order valence-electron chi connectivity index (χ2n) is 6.26. The number of rotatable bonds is 6. The summed E-state index contributed by atoms with van der Waals surface area (Å²) in [6.45, 7) is 1.46. The summed E-state index contributed by atoms with van der Waals surface area (Å²) < 4.78 is 0. The Kier molecular flexibility index (Phi) is 5.51. The number of anilines is 2. The van der Waals surface area contributed by atoms with Gasteiger partial charge in [0.15, 0.2) is 0 Å². The van der Waals surface area contributed by atoms with Gasteiger partial charge in [0.1, 0.15) is 5.69 Å². The normalized spacial score (nSPS) is 14.3. The fraction of sp³-hybridized carbons (Fsp3) is 0.333. The van der Waals surface area contributed by atoms with E-state index in [4.69, 9.17) is 5.73 Å². The molecule has 1 amide bonds. The maximum atomic E-state index is 12.3. The van der Waals surface area contributed by atoms with E-state index in [-0.39, 0.29) is 17.5 Å². The standard InChI is InChI=1S/C18H23N7O2/c1-20-18-21-7-5-14(23-18)12-8-15(17(27)22-9-12)24(2)13-10-25(11-13)16(26)4-3-6-19/h3-5,7-9,13H,6,10-11,19H2,1-2H3,(H,22,27)(H,20,21,23)/b4-3+. The van der Waals surface area contributed by atoms with Crippen LogP contribution in [-0.2, 0) is 4.79 Å². The van der Waals surface area contributed by atoms with Crippen molar-refractivity contribution in [3.05, 3.63) is 47.0 Å². The molecule has 1 saturated heterocycles. The molecule has 0 saturated carbocycles. The van der Waals surface area contributed by atoms with Crippen molar-refractivity contribution in [3.8, 4) is 11.3 Å². The number of likely N-dealkylation sites (tertiary alicyclic amines) is 1. The number of aromatic nitrogens is 3. The number of hydrogen-bond acceptors (Lipinski definition) is 7. The number of carbonyl (C=O) groups is 1. The fourth-order valence-corrected chi connectivity index (χ4v) is 2.87. The van der Waals surface area contributed by atoms with Crippen LogP contribution in [0.3, 0.4) is 0 Å². The number of nitrogens with one attached hydrogen (secondary N) is 2. The van der Waals surface area contributed by atoms with Gasteiger partial charge >= 0.3 is 0 Å². The third kappa shape index (κ3) is 3.98. The zero-order valence-electron chi connectivity index (χ0n) is 15.3. The van der Waals surface area contributed by atoms with Gasteiger partial charge in [0, 0.05) is 57.8 Å². The molecule has 27 heavy (non-hydrogen) atoms. The number of carbonyl (C=O) groups excluding carboxylic acids is 1. The number of amides is 1. The van der Waals surface area contributed by atoms with Gasteiger partial charge in [-0.15, -0.1) is 0 Å². The smallest absolute Gasteiger partial charge is 0.271 e. The lowest BCUT2D eigenvalue weighted by Crippen LogP contribution is -2.60. The quantitative estimate of drug-likeness (QED) is 0.615. The molecule has 0 atom stereocenters. The van der Waals surface area contributed by atoms with Crippen molar-refractivity contribution < 1.29 is 4.79 Å². The lowest BCUT2D eigenvalue weighted by Gasteiger charge is -2.44. The molecule has 2 aromatic heterocycles. The summed E-state index contributed by atoms with van der Waals surface area (Å²) >= 11 is 0. The summed E-state index contributed by atoms with van der Waals surface area (Å²) in [6.07, 6.45) is 6.41. The number of H-pyrrole nitrogens is 1. The Hall–Kier alpha value is -3.20. The van der Waals surface area contributed by atoms with E-state index < -0.39 is 0 Å². The molecule has 142 valence electrons. The zero-order valence-corrected chi connectivity index (χ0v) is 15.3. The number of nitrogens with two attached hydrogens (primary N) is 1. The maximum absolute atomic E-state index is 12.3. The summed E-state index contributed by atoms with van der Waals surface area (Å²) in [4.78, 5) is 39.1. The Morgan fingerprint density at radius 3 is 3.00 bits per heavy atom. The van der Waals surface area contributed by atoms with Crippen LogP contribution in [0.4, 0.5) is 11.6 Å². The van der Waals surface area contributed by atoms with E-state index in [2.05, 4.69) is 20.3 Å². The lowest BCUT2D eigenvalue weighted by molar-refractivity contribution is -0.130. The van der Waals surface area contributed by atoms with Crippen LogP contribution >= 0.6 is 0 Å². The minimum atomic E-state index is -0.183. The monoisotopic (exact) mass is 369 g/mol. The van der Waals surface area contributed by atoms with Gasteiger partial charge in [-0.2, -0.15) is 0 Å². The molecule has 4 N–H and O–H groups in total. The van der Waals surface area contributed by atoms with E-state index in [1.807, 2.05) is 11.9 Å². The van der Waals surface area contributed by atoms with Crippen LogP contribution in [0.5, 0.6) is 0 Å². The second-order valence-corrected chi connectivity index (χ2v) is 6.26. The van der Waals surface area contributed by atoms with Crippen molar-refractivity contribution in [1.82, 2.24) is 19.9 Å². The predicted molar refractivity (Wildman–Crippen MR) is 105 cm³/mol. The van der Waals surface area contributed by atoms with Gasteiger partial charge in [-0.25, -0.2) is 9.97 Å². The Balaban J connectivity index is 1.76. The minimum Gasteiger partial charge on any atom is -0.364 e. The van der Waals surface area contributed by atoms with Crippen LogP contribution < -0.4 is 21.5 Å². The number of pyridine rings is 1. The van der Waals surface area contributed by atoms with Crippen molar-refractivity contribution in [2.75, 3.05) is 43.9 Å². The average Bonchev–Trinajstić information content (AvgIpc) is 2.65.